The maximum atomic E-state index is 12.8. The first-order valence-electron chi connectivity index (χ1n) is 10.6. The zero-order chi connectivity index (χ0) is 22.8. The Morgan fingerprint density at radius 1 is 0.970 bits per heavy atom. The van der Waals surface area contributed by atoms with Crippen molar-refractivity contribution >= 4 is 17.7 Å². The van der Waals surface area contributed by atoms with Crippen LogP contribution < -0.4 is 11.5 Å². The van der Waals surface area contributed by atoms with Gasteiger partial charge in [-0.3, -0.25) is 9.36 Å². The number of nitrogen functional groups attached to an aromatic ring is 1. The highest BCUT2D eigenvalue weighted by atomic mass is 16.1. The second-order valence-corrected chi connectivity index (χ2v) is 8.02. The van der Waals surface area contributed by atoms with Crippen LogP contribution in [0, 0.1) is 0 Å². The third kappa shape index (κ3) is 3.84. The Labute approximate surface area is 190 Å². The lowest BCUT2D eigenvalue weighted by Crippen LogP contribution is -2.47. The normalized spacial score (nSPS) is 15.1. The lowest BCUT2D eigenvalue weighted by molar-refractivity contribution is 0.100. The molecular formula is C24H22N8O. The van der Waals surface area contributed by atoms with Crippen molar-refractivity contribution < 1.29 is 4.79 Å². The van der Waals surface area contributed by atoms with Gasteiger partial charge in [-0.15, -0.1) is 0 Å². The minimum absolute atomic E-state index is 0.240. The Kier molecular flexibility index (Phi) is 5.14. The summed E-state index contributed by atoms with van der Waals surface area (Å²) < 4.78 is 1.76. The van der Waals surface area contributed by atoms with Gasteiger partial charge in [-0.2, -0.15) is 4.99 Å². The average Bonchev–Trinajstić information content (AvgIpc) is 3.34. The lowest BCUT2D eigenvalue weighted by atomic mass is 9.63. The molecule has 9 nitrogen and oxygen atoms in total. The van der Waals surface area contributed by atoms with E-state index in [1.807, 2.05) is 24.3 Å². The molecule has 4 aromatic rings. The van der Waals surface area contributed by atoms with Crippen LogP contribution in [0.4, 0.5) is 5.95 Å². The molecule has 4 N–H and O–H groups in total. The Balaban J connectivity index is 1.37. The number of nitrogens with two attached hydrogens (primary N) is 2. The van der Waals surface area contributed by atoms with Crippen molar-refractivity contribution in [3.05, 3.63) is 84.8 Å². The SMILES string of the molecule is NC(=NC(=O)c1ccc(-n2ccnc2)nc1)C1(c2ccc(-c3cnc(N)nc3)cc2)CCC1. The highest BCUT2D eigenvalue weighted by Crippen LogP contribution is 2.44. The Hall–Kier alpha value is -4.40. The molecule has 164 valence electrons. The quantitative estimate of drug-likeness (QED) is 0.361. The molecule has 0 atom stereocenters. The smallest absolute Gasteiger partial charge is 0.280 e. The number of hydrogen-bond donors (Lipinski definition) is 2. The molecule has 0 bridgehead atoms. The fourth-order valence-corrected chi connectivity index (χ4v) is 4.03. The van der Waals surface area contributed by atoms with Crippen LogP contribution in [0.1, 0.15) is 35.2 Å². The monoisotopic (exact) mass is 438 g/mol. The average molecular weight is 438 g/mol. The number of benzene rings is 1. The van der Waals surface area contributed by atoms with E-state index in [-0.39, 0.29) is 5.95 Å². The van der Waals surface area contributed by atoms with Gasteiger partial charge in [-0.25, -0.2) is 19.9 Å². The van der Waals surface area contributed by atoms with E-state index in [1.165, 1.54) is 6.20 Å². The molecule has 0 spiro atoms. The van der Waals surface area contributed by atoms with Crippen molar-refractivity contribution in [1.29, 1.82) is 0 Å². The van der Waals surface area contributed by atoms with E-state index in [1.54, 1.807) is 47.8 Å². The number of carbonyl (C=O) groups excluding carboxylic acids is 1. The summed E-state index contributed by atoms with van der Waals surface area (Å²) in [4.78, 5) is 33.5. The fourth-order valence-electron chi connectivity index (χ4n) is 4.03. The maximum Gasteiger partial charge on any atom is 0.280 e. The van der Waals surface area contributed by atoms with Crippen LogP contribution in [0.2, 0.25) is 0 Å². The first-order valence-corrected chi connectivity index (χ1v) is 10.6. The van der Waals surface area contributed by atoms with Crippen LogP contribution in [-0.4, -0.2) is 36.2 Å². The highest BCUT2D eigenvalue weighted by Gasteiger charge is 2.42. The predicted octanol–water partition coefficient (Wildman–Crippen LogP) is 2.93. The number of imidazole rings is 1. The molecule has 0 radical (unpaired) electrons. The molecule has 1 aliphatic carbocycles. The number of nitrogens with zero attached hydrogens (tertiary/aromatic N) is 6. The molecule has 1 aliphatic rings. The maximum absolute atomic E-state index is 12.8. The van der Waals surface area contributed by atoms with Gasteiger partial charge in [0.15, 0.2) is 0 Å². The van der Waals surface area contributed by atoms with Gasteiger partial charge in [0.25, 0.3) is 5.91 Å². The third-order valence-corrected chi connectivity index (χ3v) is 6.13. The fraction of sp³-hybridized carbons (Fsp3) is 0.167. The number of amidine groups is 1. The molecule has 0 aliphatic heterocycles. The number of hydrogen-bond acceptors (Lipinski definition) is 6. The molecule has 3 aromatic heterocycles. The number of carbonyl (C=O) groups is 1. The number of aromatic nitrogens is 5. The second kappa shape index (κ2) is 8.27. The Morgan fingerprint density at radius 2 is 1.73 bits per heavy atom. The molecule has 3 heterocycles. The summed E-state index contributed by atoms with van der Waals surface area (Å²) in [5.74, 6) is 0.840. The minimum atomic E-state index is -0.435. The number of amides is 1. The van der Waals surface area contributed by atoms with E-state index in [2.05, 4.69) is 24.9 Å². The van der Waals surface area contributed by atoms with Crippen LogP contribution in [0.25, 0.3) is 16.9 Å². The first-order chi connectivity index (χ1) is 16.0. The lowest BCUT2D eigenvalue weighted by Gasteiger charge is -2.41. The molecule has 9 heteroatoms. The van der Waals surface area contributed by atoms with Crippen molar-refractivity contribution in [1.82, 2.24) is 24.5 Å². The number of pyridine rings is 1. The number of anilines is 1. The van der Waals surface area contributed by atoms with Gasteiger partial charge < -0.3 is 11.5 Å². The van der Waals surface area contributed by atoms with Crippen LogP contribution >= 0.6 is 0 Å². The van der Waals surface area contributed by atoms with E-state index in [0.717, 1.165) is 36.0 Å². The van der Waals surface area contributed by atoms with Crippen LogP contribution in [-0.2, 0) is 5.41 Å². The molecule has 0 unspecified atom stereocenters. The van der Waals surface area contributed by atoms with E-state index in [0.29, 0.717) is 17.2 Å². The second-order valence-electron chi connectivity index (χ2n) is 8.02. The Bertz CT molecular complexity index is 1290. The first kappa shape index (κ1) is 20.5. The van der Waals surface area contributed by atoms with Crippen LogP contribution in [0.3, 0.4) is 0 Å². The van der Waals surface area contributed by atoms with E-state index in [4.69, 9.17) is 11.5 Å². The topological polar surface area (TPSA) is 138 Å². The van der Waals surface area contributed by atoms with Crippen molar-refractivity contribution in [3.8, 4) is 16.9 Å². The van der Waals surface area contributed by atoms with E-state index in [9.17, 15) is 4.79 Å². The molecule has 1 saturated carbocycles. The number of aliphatic imine (C=N–C) groups is 1. The minimum Gasteiger partial charge on any atom is -0.386 e. The molecule has 33 heavy (non-hydrogen) atoms. The molecule has 1 amide bonds. The van der Waals surface area contributed by atoms with Gasteiger partial charge in [-0.05, 0) is 36.1 Å². The van der Waals surface area contributed by atoms with Crippen molar-refractivity contribution in [2.45, 2.75) is 24.7 Å². The summed E-state index contributed by atoms with van der Waals surface area (Å²) >= 11 is 0. The van der Waals surface area contributed by atoms with Crippen molar-refractivity contribution in [2.75, 3.05) is 5.73 Å². The summed E-state index contributed by atoms with van der Waals surface area (Å²) in [6, 6.07) is 11.5. The predicted molar refractivity (Wildman–Crippen MR) is 125 cm³/mol. The zero-order valence-electron chi connectivity index (χ0n) is 17.8. The summed E-state index contributed by atoms with van der Waals surface area (Å²) in [5, 5.41) is 0. The van der Waals surface area contributed by atoms with Gasteiger partial charge in [0.05, 0.1) is 11.0 Å². The molecule has 1 aromatic carbocycles. The summed E-state index contributed by atoms with van der Waals surface area (Å²) in [6.45, 7) is 0. The molecule has 1 fully saturated rings. The van der Waals surface area contributed by atoms with Crippen molar-refractivity contribution in [3.63, 3.8) is 0 Å². The summed E-state index contributed by atoms with van der Waals surface area (Å²) in [5.41, 5.74) is 14.8. The van der Waals surface area contributed by atoms with E-state index >= 15 is 0 Å². The van der Waals surface area contributed by atoms with Gasteiger partial charge in [0.1, 0.15) is 18.0 Å². The Morgan fingerprint density at radius 3 is 2.30 bits per heavy atom. The van der Waals surface area contributed by atoms with Crippen LogP contribution in [0.15, 0.2) is 78.7 Å². The largest absolute Gasteiger partial charge is 0.386 e. The standard InChI is InChI=1S/C24H22N8O/c25-22(31-21(33)17-4-7-20(28-12-17)32-11-10-27-15-32)24(8-1-9-24)19-5-2-16(3-6-19)18-13-29-23(26)30-14-18/h2-7,10-15H,1,8-9H2,(H2,25,31,33)(H2,26,29,30). The number of rotatable bonds is 5. The third-order valence-electron chi connectivity index (χ3n) is 6.13. The van der Waals surface area contributed by atoms with Gasteiger partial charge in [0.2, 0.25) is 5.95 Å². The molecular weight excluding hydrogens is 416 g/mol. The highest BCUT2D eigenvalue weighted by molar-refractivity contribution is 6.06. The van der Waals surface area contributed by atoms with Crippen molar-refractivity contribution in [2.24, 2.45) is 10.7 Å². The summed E-state index contributed by atoms with van der Waals surface area (Å²) in [6.07, 6.45) is 12.7. The molecule has 5 rings (SSSR count). The van der Waals surface area contributed by atoms with E-state index < -0.39 is 11.3 Å². The van der Waals surface area contributed by atoms with Gasteiger partial charge >= 0.3 is 0 Å². The van der Waals surface area contributed by atoms with Crippen LogP contribution in [0.5, 0.6) is 0 Å². The molecule has 0 saturated heterocycles. The van der Waals surface area contributed by atoms with Gasteiger partial charge in [-0.1, -0.05) is 30.7 Å². The summed E-state index contributed by atoms with van der Waals surface area (Å²) in [7, 11) is 0. The zero-order valence-corrected chi connectivity index (χ0v) is 17.8. The van der Waals surface area contributed by atoms with Gasteiger partial charge in [0, 0.05) is 36.5 Å².